The summed E-state index contributed by atoms with van der Waals surface area (Å²) >= 11 is 0. The molecule has 2 atom stereocenters. The number of nitrogens with one attached hydrogen (secondary N) is 1. The van der Waals surface area contributed by atoms with Gasteiger partial charge in [0.1, 0.15) is 0 Å². The molecule has 8 rings (SSSR count). The summed E-state index contributed by atoms with van der Waals surface area (Å²) in [6, 6.07) is 42.5. The van der Waals surface area contributed by atoms with Crippen LogP contribution in [0.25, 0.3) is 22.3 Å². The van der Waals surface area contributed by atoms with Gasteiger partial charge in [0.2, 0.25) is 0 Å². The van der Waals surface area contributed by atoms with E-state index in [-0.39, 0.29) is 5.41 Å². The van der Waals surface area contributed by atoms with E-state index in [2.05, 4.69) is 164 Å². The first-order chi connectivity index (χ1) is 20.1. The molecule has 41 heavy (non-hydrogen) atoms. The zero-order valence-electron chi connectivity index (χ0n) is 23.4. The average molecular weight is 529 g/mol. The third-order valence-corrected chi connectivity index (χ3v) is 9.20. The lowest BCUT2D eigenvalue weighted by Crippen LogP contribution is -2.28. The molecule has 0 aromatic heterocycles. The monoisotopic (exact) mass is 528 g/mol. The van der Waals surface area contributed by atoms with Gasteiger partial charge in [0.05, 0.1) is 6.04 Å². The molecule has 1 N–H and O–H groups in total. The molecule has 2 aliphatic carbocycles. The smallest absolute Gasteiger partial charge is 0.0629 e. The van der Waals surface area contributed by atoms with Crippen LogP contribution < -0.4 is 10.2 Å². The van der Waals surface area contributed by atoms with Gasteiger partial charge < -0.3 is 10.2 Å². The number of allylic oxidation sites excluding steroid dienone is 2. The Bertz CT molecular complexity index is 1840. The quantitative estimate of drug-likeness (QED) is 0.250. The molecule has 1 heterocycles. The van der Waals surface area contributed by atoms with Crippen molar-refractivity contribution in [2.24, 2.45) is 0 Å². The lowest BCUT2D eigenvalue weighted by Gasteiger charge is -2.28. The highest BCUT2D eigenvalue weighted by Gasteiger charge is 2.37. The molecular formula is C39H32N2. The number of nitrogens with zero attached hydrogens (tertiary/aromatic N) is 1. The van der Waals surface area contributed by atoms with Crippen molar-refractivity contribution in [2.75, 3.05) is 10.2 Å². The summed E-state index contributed by atoms with van der Waals surface area (Å²) in [4.78, 5) is 2.48. The highest BCUT2D eigenvalue weighted by molar-refractivity contribution is 5.83. The van der Waals surface area contributed by atoms with Gasteiger partial charge in [-0.05, 0) is 81.4 Å². The first kappa shape index (κ1) is 24.0. The number of fused-ring (bicyclic) bond motifs is 6. The van der Waals surface area contributed by atoms with E-state index in [1.807, 2.05) is 0 Å². The number of hydrogen-bond acceptors (Lipinski definition) is 2. The lowest BCUT2D eigenvalue weighted by molar-refractivity contribution is 0.660. The third-order valence-electron chi connectivity index (χ3n) is 9.20. The minimum absolute atomic E-state index is 0.00166. The molecule has 2 unspecified atom stereocenters. The Labute approximate surface area is 242 Å². The standard InChI is InChI=1S/C39H32N2/c1-39(2)35-12-6-3-9-31(35)32-24-21-29(25-36(32)39)40-28-19-15-26(16-20-28)27-17-22-30(23-18-27)41-37-13-7-4-10-33(37)34-11-5-8-14-38(34)41/h3-25,33,37,40H,1-2H3. The number of benzene rings is 5. The fourth-order valence-corrected chi connectivity index (χ4v) is 7.10. The van der Waals surface area contributed by atoms with Gasteiger partial charge in [-0.15, -0.1) is 0 Å². The van der Waals surface area contributed by atoms with Crippen LogP contribution in [0.4, 0.5) is 22.7 Å². The fraction of sp³-hybridized carbons (Fsp3) is 0.128. The largest absolute Gasteiger partial charge is 0.356 e. The first-order valence-corrected chi connectivity index (χ1v) is 14.5. The second-order valence-corrected chi connectivity index (χ2v) is 11.9. The van der Waals surface area contributed by atoms with Crippen LogP contribution in [-0.4, -0.2) is 6.04 Å². The molecule has 5 aromatic carbocycles. The van der Waals surface area contributed by atoms with E-state index in [1.165, 1.54) is 50.3 Å². The molecule has 0 spiro atoms. The molecule has 5 aromatic rings. The van der Waals surface area contributed by atoms with Crippen molar-refractivity contribution in [1.29, 1.82) is 0 Å². The summed E-state index contributed by atoms with van der Waals surface area (Å²) in [7, 11) is 0. The first-order valence-electron chi connectivity index (χ1n) is 14.5. The molecule has 2 heteroatoms. The second kappa shape index (κ2) is 9.11. The minimum atomic E-state index is 0.00166. The Morgan fingerprint density at radius 1 is 0.610 bits per heavy atom. The Hall–Kier alpha value is -4.82. The molecule has 0 radical (unpaired) electrons. The zero-order chi connectivity index (χ0) is 27.6. The number of anilines is 4. The van der Waals surface area contributed by atoms with Crippen LogP contribution in [0.3, 0.4) is 0 Å². The van der Waals surface area contributed by atoms with Gasteiger partial charge in [-0.25, -0.2) is 0 Å². The maximum absolute atomic E-state index is 3.64. The predicted octanol–water partition coefficient (Wildman–Crippen LogP) is 10.1. The Morgan fingerprint density at radius 3 is 2.10 bits per heavy atom. The van der Waals surface area contributed by atoms with Crippen LogP contribution in [-0.2, 0) is 5.41 Å². The maximum atomic E-state index is 3.64. The molecule has 0 fully saturated rings. The molecule has 1 aliphatic heterocycles. The molecule has 198 valence electrons. The fourth-order valence-electron chi connectivity index (χ4n) is 7.10. The Kier molecular flexibility index (Phi) is 5.33. The Balaban J connectivity index is 1.02. The summed E-state index contributed by atoms with van der Waals surface area (Å²) in [5.74, 6) is 0.406. The summed E-state index contributed by atoms with van der Waals surface area (Å²) < 4.78 is 0. The number of hydrogen-bond donors (Lipinski definition) is 1. The van der Waals surface area contributed by atoms with Crippen molar-refractivity contribution in [3.05, 3.63) is 156 Å². The maximum Gasteiger partial charge on any atom is 0.0629 e. The van der Waals surface area contributed by atoms with Gasteiger partial charge in [0, 0.05) is 34.1 Å². The van der Waals surface area contributed by atoms with E-state index in [0.29, 0.717) is 12.0 Å². The summed E-state index contributed by atoms with van der Waals surface area (Å²) in [5.41, 5.74) is 14.1. The highest BCUT2D eigenvalue weighted by Crippen LogP contribution is 2.50. The SMILES string of the molecule is CC1(C)c2ccccc2-c2ccc(Nc3ccc(-c4ccc(N5c6ccccc6C6C=CC=CC65)cc4)cc3)cc21. The second-order valence-electron chi connectivity index (χ2n) is 11.9. The summed E-state index contributed by atoms with van der Waals surface area (Å²) in [6.07, 6.45) is 9.00. The number of para-hydroxylation sites is 1. The van der Waals surface area contributed by atoms with E-state index < -0.39 is 0 Å². The molecule has 0 saturated carbocycles. The van der Waals surface area contributed by atoms with Crippen LogP contribution >= 0.6 is 0 Å². The molecular weight excluding hydrogens is 496 g/mol. The molecule has 0 bridgehead atoms. The van der Waals surface area contributed by atoms with E-state index in [4.69, 9.17) is 0 Å². The van der Waals surface area contributed by atoms with Crippen LogP contribution in [0.1, 0.15) is 36.5 Å². The third kappa shape index (κ3) is 3.78. The van der Waals surface area contributed by atoms with Gasteiger partial charge >= 0.3 is 0 Å². The van der Waals surface area contributed by atoms with E-state index in [9.17, 15) is 0 Å². The Morgan fingerprint density at radius 2 is 1.27 bits per heavy atom. The zero-order valence-corrected chi connectivity index (χ0v) is 23.4. The molecule has 0 amide bonds. The van der Waals surface area contributed by atoms with Gasteiger partial charge in [0.25, 0.3) is 0 Å². The minimum Gasteiger partial charge on any atom is -0.356 e. The van der Waals surface area contributed by atoms with E-state index in [0.717, 1.165) is 11.4 Å². The van der Waals surface area contributed by atoms with Crippen LogP contribution in [0.2, 0.25) is 0 Å². The predicted molar refractivity (Wildman–Crippen MR) is 173 cm³/mol. The average Bonchev–Trinajstić information content (AvgIpc) is 3.47. The van der Waals surface area contributed by atoms with Crippen molar-refractivity contribution < 1.29 is 0 Å². The van der Waals surface area contributed by atoms with Gasteiger partial charge in [-0.1, -0.05) is 111 Å². The van der Waals surface area contributed by atoms with E-state index >= 15 is 0 Å². The van der Waals surface area contributed by atoms with E-state index in [1.54, 1.807) is 0 Å². The normalized spacial score (nSPS) is 18.9. The van der Waals surface area contributed by atoms with Crippen LogP contribution in [0, 0.1) is 0 Å². The molecule has 2 nitrogen and oxygen atoms in total. The summed E-state index contributed by atoms with van der Waals surface area (Å²) in [5, 5.41) is 3.64. The van der Waals surface area contributed by atoms with Gasteiger partial charge in [-0.2, -0.15) is 0 Å². The summed E-state index contributed by atoms with van der Waals surface area (Å²) in [6.45, 7) is 4.65. The van der Waals surface area contributed by atoms with Gasteiger partial charge in [-0.3, -0.25) is 0 Å². The topological polar surface area (TPSA) is 15.3 Å². The van der Waals surface area contributed by atoms with Crippen LogP contribution in [0.5, 0.6) is 0 Å². The van der Waals surface area contributed by atoms with Crippen molar-refractivity contribution in [2.45, 2.75) is 31.2 Å². The lowest BCUT2D eigenvalue weighted by atomic mass is 9.82. The number of rotatable bonds is 4. The van der Waals surface area contributed by atoms with Crippen molar-refractivity contribution in [3.63, 3.8) is 0 Å². The molecule has 3 aliphatic rings. The van der Waals surface area contributed by atoms with Crippen molar-refractivity contribution >= 4 is 22.7 Å². The highest BCUT2D eigenvalue weighted by atomic mass is 15.2. The van der Waals surface area contributed by atoms with Crippen molar-refractivity contribution in [3.8, 4) is 22.3 Å². The van der Waals surface area contributed by atoms with Gasteiger partial charge in [0.15, 0.2) is 0 Å². The molecule has 0 saturated heterocycles. The van der Waals surface area contributed by atoms with Crippen molar-refractivity contribution in [1.82, 2.24) is 0 Å². The van der Waals surface area contributed by atoms with Crippen LogP contribution in [0.15, 0.2) is 140 Å².